The van der Waals surface area contributed by atoms with Gasteiger partial charge in [-0.3, -0.25) is 0 Å². The van der Waals surface area contributed by atoms with Gasteiger partial charge in [0.15, 0.2) is 0 Å². The Morgan fingerprint density at radius 1 is 1.35 bits per heavy atom. The van der Waals surface area contributed by atoms with E-state index >= 15 is 0 Å². The Bertz CT molecular complexity index is 593. The maximum Gasteiger partial charge on any atom is 0.145 e. The second kappa shape index (κ2) is 5.11. The van der Waals surface area contributed by atoms with Crippen LogP contribution in [-0.2, 0) is 6.54 Å². The fourth-order valence-electron chi connectivity index (χ4n) is 1.33. The van der Waals surface area contributed by atoms with Crippen LogP contribution >= 0.6 is 11.3 Å². The van der Waals surface area contributed by atoms with Gasteiger partial charge in [-0.1, -0.05) is 12.1 Å². The van der Waals surface area contributed by atoms with Crippen LogP contribution in [0.3, 0.4) is 0 Å². The first-order valence-corrected chi connectivity index (χ1v) is 5.73. The van der Waals surface area contributed by atoms with E-state index in [0.29, 0.717) is 6.54 Å². The largest absolute Gasteiger partial charge is 0.383 e. The smallest absolute Gasteiger partial charge is 0.145 e. The van der Waals surface area contributed by atoms with Crippen molar-refractivity contribution in [2.45, 2.75) is 6.54 Å². The van der Waals surface area contributed by atoms with Crippen molar-refractivity contribution in [1.82, 2.24) is 10.3 Å². The predicted molar refractivity (Wildman–Crippen MR) is 65.8 cm³/mol. The highest BCUT2D eigenvalue weighted by Gasteiger charge is 2.01. The van der Waals surface area contributed by atoms with Gasteiger partial charge in [-0.05, 0) is 12.1 Å². The maximum absolute atomic E-state index is 8.54. The molecule has 0 unspecified atom stereocenters. The summed E-state index contributed by atoms with van der Waals surface area (Å²) >= 11 is 1.60. The van der Waals surface area contributed by atoms with Gasteiger partial charge in [0.05, 0.1) is 16.8 Å². The second-order valence-electron chi connectivity index (χ2n) is 3.24. The second-order valence-corrected chi connectivity index (χ2v) is 4.35. The van der Waals surface area contributed by atoms with Crippen molar-refractivity contribution < 1.29 is 0 Å². The van der Waals surface area contributed by atoms with Crippen LogP contribution < -0.4 is 5.32 Å². The van der Waals surface area contributed by atoms with Gasteiger partial charge in [0.25, 0.3) is 0 Å². The van der Waals surface area contributed by atoms with Gasteiger partial charge in [0, 0.05) is 6.20 Å². The van der Waals surface area contributed by atoms with Crippen LogP contribution in [0.25, 0.3) is 10.2 Å². The molecule has 1 aromatic carbocycles. The summed E-state index contributed by atoms with van der Waals surface area (Å²) in [4.78, 5) is 4.42. The highest BCUT2D eigenvalue weighted by molar-refractivity contribution is 7.18. The average molecular weight is 240 g/mol. The first-order chi connectivity index (χ1) is 8.33. The number of fused-ring (bicyclic) bond motifs is 1. The third kappa shape index (κ3) is 2.60. The van der Waals surface area contributed by atoms with Gasteiger partial charge in [0.1, 0.15) is 22.7 Å². The molecule has 0 aliphatic carbocycles. The van der Waals surface area contributed by atoms with E-state index in [-0.39, 0.29) is 5.57 Å². The molecule has 82 valence electrons. The molecule has 0 saturated heterocycles. The quantitative estimate of drug-likeness (QED) is 0.835. The predicted octanol–water partition coefficient (Wildman–Crippen LogP) is 2.32. The number of thiazole rings is 1. The maximum atomic E-state index is 8.54. The number of nitriles is 2. The number of hydrogen-bond acceptors (Lipinski definition) is 5. The first-order valence-electron chi connectivity index (χ1n) is 4.91. The molecule has 0 saturated carbocycles. The summed E-state index contributed by atoms with van der Waals surface area (Å²) in [5, 5.41) is 20.9. The number of nitrogens with one attached hydrogen (secondary N) is 1. The van der Waals surface area contributed by atoms with E-state index < -0.39 is 0 Å². The van der Waals surface area contributed by atoms with Crippen molar-refractivity contribution >= 4 is 21.6 Å². The van der Waals surface area contributed by atoms with Crippen LogP contribution in [0.15, 0.2) is 36.0 Å². The van der Waals surface area contributed by atoms with E-state index in [2.05, 4.69) is 10.3 Å². The van der Waals surface area contributed by atoms with Crippen LogP contribution in [0, 0.1) is 22.7 Å². The Labute approximate surface area is 102 Å². The zero-order valence-electron chi connectivity index (χ0n) is 8.84. The number of hydrogen-bond donors (Lipinski definition) is 1. The van der Waals surface area contributed by atoms with Crippen LogP contribution in [0.5, 0.6) is 0 Å². The molecule has 0 spiro atoms. The molecule has 1 N–H and O–H groups in total. The minimum Gasteiger partial charge on any atom is -0.383 e. The van der Waals surface area contributed by atoms with Crippen LogP contribution in [0.2, 0.25) is 0 Å². The normalized spacial score (nSPS) is 9.29. The molecule has 0 aliphatic heterocycles. The summed E-state index contributed by atoms with van der Waals surface area (Å²) < 4.78 is 1.13. The summed E-state index contributed by atoms with van der Waals surface area (Å²) in [5.41, 5.74) is 1.03. The molecular weight excluding hydrogens is 232 g/mol. The van der Waals surface area contributed by atoms with Crippen molar-refractivity contribution in [3.8, 4) is 12.1 Å². The zero-order valence-corrected chi connectivity index (χ0v) is 9.66. The fourth-order valence-corrected chi connectivity index (χ4v) is 2.24. The molecule has 0 aliphatic rings. The summed E-state index contributed by atoms with van der Waals surface area (Å²) in [5.74, 6) is 0. The SMILES string of the molecule is N#CC(C#N)=CNCc1nc2ccccc2s1. The number of allylic oxidation sites excluding steroid dienone is 1. The minimum absolute atomic E-state index is 0.0612. The minimum atomic E-state index is 0.0612. The third-order valence-electron chi connectivity index (χ3n) is 2.08. The lowest BCUT2D eigenvalue weighted by Gasteiger charge is -1.94. The van der Waals surface area contributed by atoms with E-state index in [9.17, 15) is 0 Å². The lowest BCUT2D eigenvalue weighted by Crippen LogP contribution is -2.04. The zero-order chi connectivity index (χ0) is 12.1. The van der Waals surface area contributed by atoms with Crippen LogP contribution in [-0.4, -0.2) is 4.98 Å². The Morgan fingerprint density at radius 2 is 2.12 bits per heavy atom. The van der Waals surface area contributed by atoms with Crippen molar-refractivity contribution in [2.24, 2.45) is 0 Å². The topological polar surface area (TPSA) is 72.5 Å². The summed E-state index contributed by atoms with van der Waals surface area (Å²) in [6, 6.07) is 11.5. The standard InChI is InChI=1S/C12H8N4S/c13-5-9(6-14)7-15-8-12-16-10-3-1-2-4-11(10)17-12/h1-4,7,15H,8H2. The van der Waals surface area contributed by atoms with E-state index in [4.69, 9.17) is 10.5 Å². The molecule has 0 amide bonds. The van der Waals surface area contributed by atoms with Gasteiger partial charge >= 0.3 is 0 Å². The fraction of sp³-hybridized carbons (Fsp3) is 0.0833. The molecule has 0 fully saturated rings. The van der Waals surface area contributed by atoms with Gasteiger partial charge in [-0.15, -0.1) is 11.3 Å². The number of nitrogens with zero attached hydrogens (tertiary/aromatic N) is 3. The van der Waals surface area contributed by atoms with Crippen molar-refractivity contribution in [2.75, 3.05) is 0 Å². The number of benzene rings is 1. The number of aromatic nitrogens is 1. The van der Waals surface area contributed by atoms with Gasteiger partial charge in [-0.25, -0.2) is 4.98 Å². The molecular formula is C12H8N4S. The molecule has 2 aromatic rings. The molecule has 5 heteroatoms. The highest BCUT2D eigenvalue weighted by Crippen LogP contribution is 2.21. The van der Waals surface area contributed by atoms with E-state index in [1.54, 1.807) is 23.5 Å². The number of rotatable bonds is 3. The molecule has 2 rings (SSSR count). The van der Waals surface area contributed by atoms with Crippen molar-refractivity contribution in [1.29, 1.82) is 10.5 Å². The summed E-state index contributed by atoms with van der Waals surface area (Å²) in [7, 11) is 0. The highest BCUT2D eigenvalue weighted by atomic mass is 32.1. The van der Waals surface area contributed by atoms with Gasteiger partial charge in [-0.2, -0.15) is 10.5 Å². The van der Waals surface area contributed by atoms with E-state index in [1.807, 2.05) is 24.3 Å². The van der Waals surface area contributed by atoms with Crippen LogP contribution in [0.4, 0.5) is 0 Å². The molecule has 0 atom stereocenters. The Hall–Kier alpha value is -2.37. The molecule has 0 radical (unpaired) electrons. The van der Waals surface area contributed by atoms with Gasteiger partial charge in [0.2, 0.25) is 0 Å². The Morgan fingerprint density at radius 3 is 2.82 bits per heavy atom. The van der Waals surface area contributed by atoms with Crippen molar-refractivity contribution in [3.63, 3.8) is 0 Å². The van der Waals surface area contributed by atoms with Crippen molar-refractivity contribution in [3.05, 3.63) is 41.0 Å². The monoisotopic (exact) mass is 240 g/mol. The summed E-state index contributed by atoms with van der Waals surface area (Å²) in [6.45, 7) is 0.520. The Kier molecular flexibility index (Phi) is 3.34. The molecule has 0 bridgehead atoms. The molecule has 1 heterocycles. The van der Waals surface area contributed by atoms with E-state index in [0.717, 1.165) is 15.2 Å². The van der Waals surface area contributed by atoms with Gasteiger partial charge < -0.3 is 5.32 Å². The Balaban J connectivity index is 2.08. The average Bonchev–Trinajstić information content (AvgIpc) is 2.77. The lowest BCUT2D eigenvalue weighted by atomic mass is 10.3. The van der Waals surface area contributed by atoms with E-state index in [1.165, 1.54) is 6.20 Å². The number of para-hydroxylation sites is 1. The molecule has 17 heavy (non-hydrogen) atoms. The molecule has 4 nitrogen and oxygen atoms in total. The lowest BCUT2D eigenvalue weighted by molar-refractivity contribution is 0.859. The molecule has 1 aromatic heterocycles. The van der Waals surface area contributed by atoms with Crippen LogP contribution in [0.1, 0.15) is 5.01 Å². The first kappa shape index (κ1) is 11.1. The summed E-state index contributed by atoms with van der Waals surface area (Å²) in [6.07, 6.45) is 1.41. The third-order valence-corrected chi connectivity index (χ3v) is 3.12.